The molecule has 0 amide bonds. The molecule has 1 aromatic carbocycles. The van der Waals surface area contributed by atoms with Gasteiger partial charge in [0.1, 0.15) is 5.82 Å². The van der Waals surface area contributed by atoms with Crippen LogP contribution in [0.3, 0.4) is 0 Å². The molecule has 2 N–H and O–H groups in total. The van der Waals surface area contributed by atoms with Gasteiger partial charge < -0.3 is 10.2 Å². The molecule has 1 aliphatic heterocycles. The van der Waals surface area contributed by atoms with Crippen LogP contribution >= 0.6 is 0 Å². The Balaban J connectivity index is 1.31. The molecule has 2 heterocycles. The maximum Gasteiger partial charge on any atom is 0.146 e. The highest BCUT2D eigenvalue weighted by Gasteiger charge is 2.26. The highest BCUT2D eigenvalue weighted by molar-refractivity contribution is 5.47. The van der Waals surface area contributed by atoms with E-state index in [-0.39, 0.29) is 5.82 Å². The predicted octanol–water partition coefficient (Wildman–Crippen LogP) is 2.66. The molecule has 2 aliphatic rings. The van der Waals surface area contributed by atoms with Gasteiger partial charge in [0.2, 0.25) is 0 Å². The minimum Gasteiger partial charge on any atom is -0.369 e. The van der Waals surface area contributed by atoms with E-state index < -0.39 is 0 Å². The number of anilines is 1. The van der Waals surface area contributed by atoms with Crippen LogP contribution in [-0.4, -0.2) is 35.4 Å². The van der Waals surface area contributed by atoms with Crippen molar-refractivity contribution in [2.24, 2.45) is 0 Å². The van der Waals surface area contributed by atoms with Gasteiger partial charge in [0, 0.05) is 37.3 Å². The van der Waals surface area contributed by atoms with E-state index in [2.05, 4.69) is 20.4 Å². The van der Waals surface area contributed by atoms with E-state index in [0.29, 0.717) is 12.1 Å². The third-order valence-electron chi connectivity index (χ3n) is 5.18. The number of H-pyrrole nitrogens is 1. The minimum atomic E-state index is -0.113. The lowest BCUT2D eigenvalue weighted by Crippen LogP contribution is -2.48. The standard InChI is InChI=1S/C18H23FN4/c19-16-3-1-2-4-18(16)23-9-7-14(8-10-23)21-15-6-5-13-12-20-22-17(13)11-15/h1-4,12,14-15,21H,5-11H2,(H,20,22)/t15-/m1/s1. The Morgan fingerprint density at radius 1 is 1.13 bits per heavy atom. The first kappa shape index (κ1) is 14.7. The summed E-state index contributed by atoms with van der Waals surface area (Å²) in [4.78, 5) is 2.17. The monoisotopic (exact) mass is 314 g/mol. The number of benzene rings is 1. The number of nitrogens with one attached hydrogen (secondary N) is 2. The van der Waals surface area contributed by atoms with E-state index in [1.165, 1.54) is 17.7 Å². The van der Waals surface area contributed by atoms with Crippen molar-refractivity contribution >= 4 is 5.69 Å². The summed E-state index contributed by atoms with van der Waals surface area (Å²) in [6.07, 6.45) is 7.43. The minimum absolute atomic E-state index is 0.113. The molecule has 0 bridgehead atoms. The lowest BCUT2D eigenvalue weighted by Gasteiger charge is -2.36. The van der Waals surface area contributed by atoms with Crippen molar-refractivity contribution in [2.75, 3.05) is 18.0 Å². The van der Waals surface area contributed by atoms with E-state index in [0.717, 1.165) is 44.5 Å². The van der Waals surface area contributed by atoms with Crippen molar-refractivity contribution in [1.29, 1.82) is 0 Å². The van der Waals surface area contributed by atoms with Crippen molar-refractivity contribution in [1.82, 2.24) is 15.5 Å². The van der Waals surface area contributed by atoms with Crippen molar-refractivity contribution < 1.29 is 4.39 Å². The van der Waals surface area contributed by atoms with E-state index in [1.807, 2.05) is 18.3 Å². The molecular weight excluding hydrogens is 291 g/mol. The van der Waals surface area contributed by atoms with Crippen LogP contribution < -0.4 is 10.2 Å². The molecule has 23 heavy (non-hydrogen) atoms. The van der Waals surface area contributed by atoms with Gasteiger partial charge in [0.05, 0.1) is 11.9 Å². The second-order valence-electron chi connectivity index (χ2n) is 6.69. The number of rotatable bonds is 3. The number of aromatic amines is 1. The second kappa shape index (κ2) is 6.32. The zero-order valence-electron chi connectivity index (χ0n) is 13.3. The lowest BCUT2D eigenvalue weighted by molar-refractivity contribution is 0.343. The Morgan fingerprint density at radius 2 is 1.96 bits per heavy atom. The highest BCUT2D eigenvalue weighted by Crippen LogP contribution is 2.24. The largest absolute Gasteiger partial charge is 0.369 e. The summed E-state index contributed by atoms with van der Waals surface area (Å²) < 4.78 is 13.9. The number of fused-ring (bicyclic) bond motifs is 1. The van der Waals surface area contributed by atoms with Gasteiger partial charge in [-0.25, -0.2) is 4.39 Å². The third kappa shape index (κ3) is 3.11. The van der Waals surface area contributed by atoms with Crippen LogP contribution in [0.15, 0.2) is 30.5 Å². The molecule has 1 aliphatic carbocycles. The summed E-state index contributed by atoms with van der Waals surface area (Å²) in [5.74, 6) is -0.113. The van der Waals surface area contributed by atoms with Crippen LogP contribution in [0, 0.1) is 5.82 Å². The Kier molecular flexibility index (Phi) is 4.04. The molecule has 0 spiro atoms. The molecule has 0 saturated carbocycles. The van der Waals surface area contributed by atoms with Crippen LogP contribution in [0.4, 0.5) is 10.1 Å². The molecule has 1 fully saturated rings. The summed E-state index contributed by atoms with van der Waals surface area (Å²) in [6, 6.07) is 8.15. The van der Waals surface area contributed by atoms with Crippen molar-refractivity contribution in [3.63, 3.8) is 0 Å². The van der Waals surface area contributed by atoms with Gasteiger partial charge in [-0.3, -0.25) is 5.10 Å². The van der Waals surface area contributed by atoms with E-state index in [4.69, 9.17) is 0 Å². The topological polar surface area (TPSA) is 44.0 Å². The van der Waals surface area contributed by atoms with Gasteiger partial charge in [0.25, 0.3) is 0 Å². The normalized spacial score (nSPS) is 22.1. The molecule has 0 radical (unpaired) electrons. The highest BCUT2D eigenvalue weighted by atomic mass is 19.1. The van der Waals surface area contributed by atoms with Gasteiger partial charge >= 0.3 is 0 Å². The second-order valence-corrected chi connectivity index (χ2v) is 6.69. The fourth-order valence-electron chi connectivity index (χ4n) is 3.88. The van der Waals surface area contributed by atoms with Gasteiger partial charge in [-0.2, -0.15) is 5.10 Å². The van der Waals surface area contributed by atoms with Gasteiger partial charge in [-0.05, 0) is 43.4 Å². The van der Waals surface area contributed by atoms with Crippen LogP contribution in [-0.2, 0) is 12.8 Å². The molecular formula is C18H23FN4. The summed E-state index contributed by atoms with van der Waals surface area (Å²) in [5, 5.41) is 11.1. The number of hydrogen-bond acceptors (Lipinski definition) is 3. The third-order valence-corrected chi connectivity index (χ3v) is 5.18. The van der Waals surface area contributed by atoms with Gasteiger partial charge in [0.15, 0.2) is 0 Å². The molecule has 4 rings (SSSR count). The Labute approximate surface area is 136 Å². The van der Waals surface area contributed by atoms with Crippen LogP contribution in [0.5, 0.6) is 0 Å². The van der Waals surface area contributed by atoms with Crippen LogP contribution in [0.25, 0.3) is 0 Å². The zero-order chi connectivity index (χ0) is 15.6. The van der Waals surface area contributed by atoms with E-state index in [9.17, 15) is 4.39 Å². The summed E-state index contributed by atoms with van der Waals surface area (Å²) in [7, 11) is 0. The summed E-state index contributed by atoms with van der Waals surface area (Å²) >= 11 is 0. The maximum atomic E-state index is 13.9. The SMILES string of the molecule is Fc1ccccc1N1CCC(N[C@@H]2CCc3cn[nH]c3C2)CC1. The molecule has 1 atom stereocenters. The quantitative estimate of drug-likeness (QED) is 0.915. The van der Waals surface area contributed by atoms with Gasteiger partial charge in [-0.15, -0.1) is 0 Å². The summed E-state index contributed by atoms with van der Waals surface area (Å²) in [5.41, 5.74) is 3.40. The van der Waals surface area contributed by atoms with Gasteiger partial charge in [-0.1, -0.05) is 12.1 Å². The number of aromatic nitrogens is 2. The molecule has 1 saturated heterocycles. The zero-order valence-corrected chi connectivity index (χ0v) is 13.3. The van der Waals surface area contributed by atoms with Crippen molar-refractivity contribution in [2.45, 2.75) is 44.2 Å². The fourth-order valence-corrected chi connectivity index (χ4v) is 3.88. The number of hydrogen-bond donors (Lipinski definition) is 2. The Morgan fingerprint density at radius 3 is 2.78 bits per heavy atom. The molecule has 5 heteroatoms. The first-order valence-electron chi connectivity index (χ1n) is 8.56. The van der Waals surface area contributed by atoms with E-state index >= 15 is 0 Å². The summed E-state index contributed by atoms with van der Waals surface area (Å²) in [6.45, 7) is 1.83. The lowest BCUT2D eigenvalue weighted by atomic mass is 9.92. The maximum absolute atomic E-state index is 13.9. The number of nitrogens with zero attached hydrogens (tertiary/aromatic N) is 2. The Hall–Kier alpha value is -1.88. The van der Waals surface area contributed by atoms with Crippen LogP contribution in [0.2, 0.25) is 0 Å². The number of halogens is 1. The average Bonchev–Trinajstić information content (AvgIpc) is 3.04. The molecule has 0 unspecified atom stereocenters. The average molecular weight is 314 g/mol. The fraction of sp³-hybridized carbons (Fsp3) is 0.500. The first-order chi connectivity index (χ1) is 11.3. The number of aryl methyl sites for hydroxylation is 1. The molecule has 2 aromatic rings. The van der Waals surface area contributed by atoms with Crippen LogP contribution in [0.1, 0.15) is 30.5 Å². The predicted molar refractivity (Wildman–Crippen MR) is 89.2 cm³/mol. The molecule has 4 nitrogen and oxygen atoms in total. The molecule has 1 aromatic heterocycles. The van der Waals surface area contributed by atoms with Crippen molar-refractivity contribution in [3.8, 4) is 0 Å². The first-order valence-corrected chi connectivity index (χ1v) is 8.56. The number of para-hydroxylation sites is 1. The smallest absolute Gasteiger partial charge is 0.146 e. The Bertz CT molecular complexity index is 661. The molecule has 122 valence electrons. The number of piperidine rings is 1. The van der Waals surface area contributed by atoms with E-state index in [1.54, 1.807) is 12.1 Å². The van der Waals surface area contributed by atoms with Crippen molar-refractivity contribution in [3.05, 3.63) is 47.5 Å².